The number of hydrogen-bond acceptors (Lipinski definition) is 4. The van der Waals surface area contributed by atoms with E-state index in [1.54, 1.807) is 0 Å². The molecule has 0 bridgehead atoms. The molecule has 0 amide bonds. The first-order valence-electron chi connectivity index (χ1n) is 5.79. The first-order valence-corrected chi connectivity index (χ1v) is 5.79. The molecule has 0 saturated heterocycles. The molecule has 4 heteroatoms. The van der Waals surface area contributed by atoms with Crippen LogP contribution in [0.5, 0.6) is 0 Å². The molecule has 1 aromatic rings. The van der Waals surface area contributed by atoms with Gasteiger partial charge >= 0.3 is 0 Å². The summed E-state index contributed by atoms with van der Waals surface area (Å²) < 4.78 is 0. The summed E-state index contributed by atoms with van der Waals surface area (Å²) >= 11 is 0. The molecule has 1 aromatic heterocycles. The van der Waals surface area contributed by atoms with Crippen molar-refractivity contribution in [3.63, 3.8) is 0 Å². The summed E-state index contributed by atoms with van der Waals surface area (Å²) in [5.74, 6) is 2.24. The molecular formula is C12H21N3O. The molecule has 90 valence electrons. The molecule has 0 aliphatic heterocycles. The summed E-state index contributed by atoms with van der Waals surface area (Å²) in [5, 5.41) is 15.2. The van der Waals surface area contributed by atoms with E-state index < -0.39 is 0 Å². The minimum atomic E-state index is 0.254. The van der Waals surface area contributed by atoms with Crippen LogP contribution < -0.4 is 10.6 Å². The molecule has 1 rings (SSSR count). The van der Waals surface area contributed by atoms with Crippen molar-refractivity contribution < 1.29 is 5.11 Å². The topological polar surface area (TPSA) is 57.2 Å². The Morgan fingerprint density at radius 2 is 2.12 bits per heavy atom. The second kappa shape index (κ2) is 7.06. The number of aliphatic hydroxyl groups is 1. The number of nitrogens with one attached hydrogen (secondary N) is 2. The highest BCUT2D eigenvalue weighted by Gasteiger charge is 2.05. The van der Waals surface area contributed by atoms with Gasteiger partial charge in [-0.05, 0) is 24.5 Å². The fourth-order valence-corrected chi connectivity index (χ4v) is 1.55. The van der Waals surface area contributed by atoms with Gasteiger partial charge in [-0.3, -0.25) is 0 Å². The minimum Gasteiger partial charge on any atom is -0.396 e. The minimum absolute atomic E-state index is 0.254. The molecule has 16 heavy (non-hydrogen) atoms. The van der Waals surface area contributed by atoms with Gasteiger partial charge in [-0.1, -0.05) is 19.4 Å². The van der Waals surface area contributed by atoms with Crippen LogP contribution in [0, 0.1) is 5.92 Å². The summed E-state index contributed by atoms with van der Waals surface area (Å²) in [7, 11) is 1.85. The molecule has 0 aliphatic carbocycles. The lowest BCUT2D eigenvalue weighted by Crippen LogP contribution is -2.15. The van der Waals surface area contributed by atoms with E-state index in [0.717, 1.165) is 31.0 Å². The molecular weight excluding hydrogens is 202 g/mol. The van der Waals surface area contributed by atoms with E-state index in [0.29, 0.717) is 5.92 Å². The van der Waals surface area contributed by atoms with E-state index in [4.69, 9.17) is 5.11 Å². The Morgan fingerprint density at radius 3 is 2.75 bits per heavy atom. The van der Waals surface area contributed by atoms with Crippen LogP contribution in [-0.4, -0.2) is 30.3 Å². The van der Waals surface area contributed by atoms with Crippen molar-refractivity contribution in [1.29, 1.82) is 0 Å². The van der Waals surface area contributed by atoms with Gasteiger partial charge in [-0.15, -0.1) is 0 Å². The van der Waals surface area contributed by atoms with Crippen molar-refractivity contribution in [3.8, 4) is 0 Å². The zero-order valence-electron chi connectivity index (χ0n) is 10.0. The average molecular weight is 223 g/mol. The third-order valence-corrected chi connectivity index (χ3v) is 2.69. The van der Waals surface area contributed by atoms with Crippen molar-refractivity contribution in [3.05, 3.63) is 18.2 Å². The quantitative estimate of drug-likeness (QED) is 0.661. The van der Waals surface area contributed by atoms with E-state index in [9.17, 15) is 0 Å². The Hall–Kier alpha value is -1.29. The number of nitrogens with zero attached hydrogens (tertiary/aromatic N) is 1. The Balaban J connectivity index is 2.46. The molecule has 0 aliphatic rings. The highest BCUT2D eigenvalue weighted by Crippen LogP contribution is 2.12. The van der Waals surface area contributed by atoms with E-state index in [2.05, 4.69) is 22.5 Å². The van der Waals surface area contributed by atoms with Crippen molar-refractivity contribution in [2.45, 2.75) is 19.8 Å². The van der Waals surface area contributed by atoms with Gasteiger partial charge in [-0.2, -0.15) is 0 Å². The molecule has 3 N–H and O–H groups in total. The normalized spacial score (nSPS) is 12.2. The van der Waals surface area contributed by atoms with Crippen LogP contribution in [0.15, 0.2) is 18.2 Å². The van der Waals surface area contributed by atoms with Gasteiger partial charge in [0.1, 0.15) is 11.6 Å². The number of aromatic nitrogens is 1. The van der Waals surface area contributed by atoms with E-state index in [1.165, 1.54) is 0 Å². The fraction of sp³-hybridized carbons (Fsp3) is 0.583. The van der Waals surface area contributed by atoms with Gasteiger partial charge in [0, 0.05) is 20.2 Å². The SMILES string of the molecule is CCC(CCO)CNc1cccc(NC)n1. The highest BCUT2D eigenvalue weighted by atomic mass is 16.3. The number of rotatable bonds is 7. The van der Waals surface area contributed by atoms with Gasteiger partial charge in [0.15, 0.2) is 0 Å². The lowest BCUT2D eigenvalue weighted by molar-refractivity contribution is 0.258. The second-order valence-corrected chi connectivity index (χ2v) is 3.83. The van der Waals surface area contributed by atoms with Crippen LogP contribution in [0.3, 0.4) is 0 Å². The smallest absolute Gasteiger partial charge is 0.128 e. The third-order valence-electron chi connectivity index (χ3n) is 2.69. The maximum absolute atomic E-state index is 8.89. The Labute approximate surface area is 97.1 Å². The Bertz CT molecular complexity index is 304. The Morgan fingerprint density at radius 1 is 1.38 bits per heavy atom. The monoisotopic (exact) mass is 223 g/mol. The molecule has 0 saturated carbocycles. The maximum Gasteiger partial charge on any atom is 0.128 e. The molecule has 4 nitrogen and oxygen atoms in total. The molecule has 0 fully saturated rings. The molecule has 0 aromatic carbocycles. The first-order chi connectivity index (χ1) is 7.80. The zero-order chi connectivity index (χ0) is 11.8. The van der Waals surface area contributed by atoms with Gasteiger partial charge in [-0.25, -0.2) is 4.98 Å². The first kappa shape index (κ1) is 12.8. The molecule has 1 atom stereocenters. The summed E-state index contributed by atoms with van der Waals surface area (Å²) in [6.45, 7) is 3.25. The van der Waals surface area contributed by atoms with E-state index in [1.807, 2.05) is 25.2 Å². The largest absolute Gasteiger partial charge is 0.396 e. The number of hydrogen-bond donors (Lipinski definition) is 3. The van der Waals surface area contributed by atoms with Crippen LogP contribution in [0.4, 0.5) is 11.6 Å². The van der Waals surface area contributed by atoms with Gasteiger partial charge in [0.25, 0.3) is 0 Å². The molecule has 0 radical (unpaired) electrons. The van der Waals surface area contributed by atoms with Crippen LogP contribution in [0.1, 0.15) is 19.8 Å². The standard InChI is InChI=1S/C12H21N3O/c1-3-10(7-8-16)9-14-12-6-4-5-11(13-2)15-12/h4-6,10,16H,3,7-9H2,1-2H3,(H2,13,14,15). The van der Waals surface area contributed by atoms with E-state index >= 15 is 0 Å². The average Bonchev–Trinajstić information content (AvgIpc) is 2.34. The predicted octanol–water partition coefficient (Wildman–Crippen LogP) is 1.94. The van der Waals surface area contributed by atoms with Crippen molar-refractivity contribution in [1.82, 2.24) is 4.98 Å². The summed E-state index contributed by atoms with van der Waals surface area (Å²) in [6, 6.07) is 5.84. The van der Waals surface area contributed by atoms with Crippen LogP contribution in [0.2, 0.25) is 0 Å². The lowest BCUT2D eigenvalue weighted by Gasteiger charge is -2.15. The predicted molar refractivity (Wildman–Crippen MR) is 67.8 cm³/mol. The summed E-state index contributed by atoms with van der Waals surface area (Å²) in [5.41, 5.74) is 0. The zero-order valence-corrected chi connectivity index (χ0v) is 10.0. The highest BCUT2D eigenvalue weighted by molar-refractivity contribution is 5.44. The van der Waals surface area contributed by atoms with Gasteiger partial charge in [0.2, 0.25) is 0 Å². The fourth-order valence-electron chi connectivity index (χ4n) is 1.55. The maximum atomic E-state index is 8.89. The van der Waals surface area contributed by atoms with Crippen LogP contribution >= 0.6 is 0 Å². The summed E-state index contributed by atoms with van der Waals surface area (Å²) in [4.78, 5) is 4.37. The lowest BCUT2D eigenvalue weighted by atomic mass is 10.0. The summed E-state index contributed by atoms with van der Waals surface area (Å²) in [6.07, 6.45) is 1.91. The number of anilines is 2. The van der Waals surface area contributed by atoms with Gasteiger partial charge < -0.3 is 15.7 Å². The van der Waals surface area contributed by atoms with Crippen molar-refractivity contribution in [2.75, 3.05) is 30.8 Å². The number of pyridine rings is 1. The van der Waals surface area contributed by atoms with Crippen LogP contribution in [-0.2, 0) is 0 Å². The Kier molecular flexibility index (Phi) is 5.64. The van der Waals surface area contributed by atoms with E-state index in [-0.39, 0.29) is 6.61 Å². The number of aliphatic hydroxyl groups excluding tert-OH is 1. The molecule has 0 spiro atoms. The van der Waals surface area contributed by atoms with Gasteiger partial charge in [0.05, 0.1) is 0 Å². The molecule has 1 heterocycles. The third kappa shape index (κ3) is 4.06. The van der Waals surface area contributed by atoms with Crippen molar-refractivity contribution >= 4 is 11.6 Å². The van der Waals surface area contributed by atoms with Crippen molar-refractivity contribution in [2.24, 2.45) is 5.92 Å². The molecule has 1 unspecified atom stereocenters. The second-order valence-electron chi connectivity index (χ2n) is 3.83. The van der Waals surface area contributed by atoms with Crippen LogP contribution in [0.25, 0.3) is 0 Å².